The summed E-state index contributed by atoms with van der Waals surface area (Å²) in [6, 6.07) is 7.30. The van der Waals surface area contributed by atoms with Crippen LogP contribution in [-0.2, 0) is 17.9 Å². The minimum absolute atomic E-state index is 0.229. The molecule has 5 heteroatoms. The van der Waals surface area contributed by atoms with Crippen molar-refractivity contribution in [2.24, 2.45) is 0 Å². The summed E-state index contributed by atoms with van der Waals surface area (Å²) in [5.41, 5.74) is 1.69. The van der Waals surface area contributed by atoms with Crippen molar-refractivity contribution in [3.05, 3.63) is 53.2 Å². The number of likely N-dealkylation sites (tertiary alicyclic amines) is 1. The Hall–Kier alpha value is -1.85. The van der Waals surface area contributed by atoms with Gasteiger partial charge in [0.15, 0.2) is 6.79 Å². The molecule has 1 aromatic heterocycles. The second-order valence-corrected chi connectivity index (χ2v) is 6.51. The minimum atomic E-state index is -0.234. The van der Waals surface area contributed by atoms with Gasteiger partial charge in [-0.3, -0.25) is 4.90 Å². The quantitative estimate of drug-likeness (QED) is 0.835. The molecule has 3 heterocycles. The second kappa shape index (κ2) is 6.95. The summed E-state index contributed by atoms with van der Waals surface area (Å²) in [4.78, 5) is 2.39. The molecule has 2 aliphatic rings. The molecule has 0 saturated carbocycles. The zero-order valence-electron chi connectivity index (χ0n) is 13.7. The highest BCUT2D eigenvalue weighted by Gasteiger charge is 2.27. The van der Waals surface area contributed by atoms with Gasteiger partial charge in [0.25, 0.3) is 0 Å². The Balaban J connectivity index is 1.64. The van der Waals surface area contributed by atoms with Crippen molar-refractivity contribution < 1.29 is 18.3 Å². The number of benzene rings is 1. The topological polar surface area (TPSA) is 34.8 Å². The molecular weight excluding hydrogens is 309 g/mol. The molecular formula is C19H22FNO3. The van der Waals surface area contributed by atoms with Crippen LogP contribution in [0.15, 0.2) is 34.9 Å². The molecule has 0 spiro atoms. The molecule has 0 N–H and O–H groups in total. The van der Waals surface area contributed by atoms with Gasteiger partial charge in [-0.25, -0.2) is 4.39 Å². The maximum Gasteiger partial charge on any atom is 0.189 e. The lowest BCUT2D eigenvalue weighted by molar-refractivity contribution is -0.0179. The molecule has 24 heavy (non-hydrogen) atoms. The van der Waals surface area contributed by atoms with E-state index in [1.807, 2.05) is 12.1 Å². The average molecular weight is 331 g/mol. The lowest BCUT2D eigenvalue weighted by atomic mass is 10.0. The Bertz CT molecular complexity index is 686. The first-order valence-electron chi connectivity index (χ1n) is 8.60. The molecule has 0 amide bonds. The van der Waals surface area contributed by atoms with Crippen LogP contribution in [0, 0.1) is 5.82 Å². The van der Waals surface area contributed by atoms with E-state index in [4.69, 9.17) is 13.9 Å². The molecule has 2 aliphatic heterocycles. The van der Waals surface area contributed by atoms with Gasteiger partial charge in [0, 0.05) is 17.7 Å². The third-order valence-electron chi connectivity index (χ3n) is 4.86. The highest BCUT2D eigenvalue weighted by Crippen LogP contribution is 2.35. The van der Waals surface area contributed by atoms with Crippen LogP contribution in [-0.4, -0.2) is 18.2 Å². The van der Waals surface area contributed by atoms with Crippen LogP contribution >= 0.6 is 0 Å². The normalized spacial score (nSPS) is 21.8. The van der Waals surface area contributed by atoms with Gasteiger partial charge in [-0.15, -0.1) is 0 Å². The molecule has 0 aliphatic carbocycles. The third-order valence-corrected chi connectivity index (χ3v) is 4.86. The summed E-state index contributed by atoms with van der Waals surface area (Å²) in [5.74, 6) is 1.54. The van der Waals surface area contributed by atoms with Crippen LogP contribution in [0.2, 0.25) is 0 Å². The zero-order valence-corrected chi connectivity index (χ0v) is 13.7. The van der Waals surface area contributed by atoms with E-state index >= 15 is 0 Å². The van der Waals surface area contributed by atoms with Gasteiger partial charge in [-0.05, 0) is 43.7 Å². The largest absolute Gasteiger partial charge is 0.468 e. The number of fused-ring (bicyclic) bond motifs is 1. The van der Waals surface area contributed by atoms with E-state index < -0.39 is 0 Å². The molecule has 0 radical (unpaired) electrons. The smallest absolute Gasteiger partial charge is 0.189 e. The zero-order chi connectivity index (χ0) is 16.4. The summed E-state index contributed by atoms with van der Waals surface area (Å²) < 4.78 is 30.6. The summed E-state index contributed by atoms with van der Waals surface area (Å²) in [6.45, 7) is 2.27. The number of hydrogen-bond donors (Lipinski definition) is 0. The average Bonchev–Trinajstić information content (AvgIpc) is 3.02. The molecule has 1 fully saturated rings. The number of ether oxygens (including phenoxy) is 2. The van der Waals surface area contributed by atoms with Crippen LogP contribution in [0.25, 0.3) is 0 Å². The Kier molecular flexibility index (Phi) is 4.54. The first-order valence-corrected chi connectivity index (χ1v) is 8.60. The molecule has 4 rings (SSSR count). The van der Waals surface area contributed by atoms with Crippen molar-refractivity contribution in [1.29, 1.82) is 0 Å². The van der Waals surface area contributed by atoms with Gasteiger partial charge in [-0.1, -0.05) is 12.8 Å². The Morgan fingerprint density at radius 3 is 3.04 bits per heavy atom. The standard InChI is InChI=1S/C19H22FNO3/c20-16-9-14(19-15(10-16)12-22-13-24-19)11-21-7-3-1-2-5-17(21)18-6-4-8-23-18/h4,6,8-10,17H,1-3,5,7,11-13H2. The lowest BCUT2D eigenvalue weighted by Gasteiger charge is -2.30. The van der Waals surface area contributed by atoms with Crippen LogP contribution in [0.5, 0.6) is 5.75 Å². The predicted molar refractivity (Wildman–Crippen MR) is 87.0 cm³/mol. The number of hydrogen-bond acceptors (Lipinski definition) is 4. The Labute approximate surface area is 141 Å². The summed E-state index contributed by atoms with van der Waals surface area (Å²) in [6.07, 6.45) is 6.35. The molecule has 4 nitrogen and oxygen atoms in total. The van der Waals surface area contributed by atoms with Crippen molar-refractivity contribution in [2.75, 3.05) is 13.3 Å². The van der Waals surface area contributed by atoms with Crippen LogP contribution in [0.3, 0.4) is 0 Å². The Morgan fingerprint density at radius 1 is 1.21 bits per heavy atom. The fourth-order valence-electron chi connectivity index (χ4n) is 3.75. The number of nitrogens with zero attached hydrogens (tertiary/aromatic N) is 1. The van der Waals surface area contributed by atoms with E-state index in [1.54, 1.807) is 12.3 Å². The van der Waals surface area contributed by atoms with Crippen molar-refractivity contribution in [3.63, 3.8) is 0 Å². The van der Waals surface area contributed by atoms with Gasteiger partial charge in [0.05, 0.1) is 18.9 Å². The van der Waals surface area contributed by atoms with Gasteiger partial charge in [0.1, 0.15) is 17.3 Å². The maximum atomic E-state index is 14.0. The van der Waals surface area contributed by atoms with Crippen molar-refractivity contribution in [2.45, 2.75) is 44.9 Å². The molecule has 1 atom stereocenters. The fourth-order valence-corrected chi connectivity index (χ4v) is 3.75. The highest BCUT2D eigenvalue weighted by atomic mass is 19.1. The summed E-state index contributed by atoms with van der Waals surface area (Å²) >= 11 is 0. The van der Waals surface area contributed by atoms with E-state index in [0.717, 1.165) is 42.0 Å². The van der Waals surface area contributed by atoms with Gasteiger partial charge in [0.2, 0.25) is 0 Å². The van der Waals surface area contributed by atoms with Crippen molar-refractivity contribution >= 4 is 0 Å². The van der Waals surface area contributed by atoms with E-state index in [-0.39, 0.29) is 18.7 Å². The second-order valence-electron chi connectivity index (χ2n) is 6.51. The fraction of sp³-hybridized carbons (Fsp3) is 0.474. The first-order chi connectivity index (χ1) is 11.8. The molecule has 1 aromatic carbocycles. The molecule has 2 aromatic rings. The highest BCUT2D eigenvalue weighted by molar-refractivity contribution is 5.42. The van der Waals surface area contributed by atoms with E-state index in [2.05, 4.69) is 4.90 Å². The van der Waals surface area contributed by atoms with E-state index in [0.29, 0.717) is 13.2 Å². The third kappa shape index (κ3) is 3.19. The van der Waals surface area contributed by atoms with E-state index in [9.17, 15) is 4.39 Å². The first kappa shape index (κ1) is 15.7. The number of furan rings is 1. The molecule has 1 unspecified atom stereocenters. The number of rotatable bonds is 3. The van der Waals surface area contributed by atoms with Crippen LogP contribution < -0.4 is 4.74 Å². The SMILES string of the molecule is Fc1cc2c(c(CN3CCCCCC3c3ccco3)c1)OCOC2. The molecule has 1 saturated heterocycles. The molecule has 128 valence electrons. The maximum absolute atomic E-state index is 14.0. The predicted octanol–water partition coefficient (Wildman–Crippen LogP) is 4.40. The van der Waals surface area contributed by atoms with Crippen LogP contribution in [0.1, 0.15) is 48.6 Å². The van der Waals surface area contributed by atoms with Crippen molar-refractivity contribution in [3.8, 4) is 5.75 Å². The van der Waals surface area contributed by atoms with Crippen molar-refractivity contribution in [1.82, 2.24) is 4.90 Å². The Morgan fingerprint density at radius 2 is 2.17 bits per heavy atom. The van der Waals surface area contributed by atoms with Gasteiger partial charge < -0.3 is 13.9 Å². The van der Waals surface area contributed by atoms with Crippen LogP contribution in [0.4, 0.5) is 4.39 Å². The number of halogens is 1. The monoisotopic (exact) mass is 331 g/mol. The summed E-state index contributed by atoms with van der Waals surface area (Å²) in [5, 5.41) is 0. The molecule has 0 bridgehead atoms. The van der Waals surface area contributed by atoms with E-state index in [1.165, 1.54) is 18.9 Å². The minimum Gasteiger partial charge on any atom is -0.468 e. The van der Waals surface area contributed by atoms with Gasteiger partial charge >= 0.3 is 0 Å². The lowest BCUT2D eigenvalue weighted by Crippen LogP contribution is -2.28. The van der Waals surface area contributed by atoms with Gasteiger partial charge in [-0.2, -0.15) is 0 Å². The summed E-state index contributed by atoms with van der Waals surface area (Å²) in [7, 11) is 0.